The van der Waals surface area contributed by atoms with Gasteiger partial charge in [-0.2, -0.15) is 10.5 Å². The Morgan fingerprint density at radius 1 is 1.19 bits per heavy atom. The van der Waals surface area contributed by atoms with Crippen LogP contribution < -0.4 is 4.90 Å². The summed E-state index contributed by atoms with van der Waals surface area (Å²) in [4.78, 5) is 13.5. The van der Waals surface area contributed by atoms with Crippen molar-refractivity contribution in [1.29, 1.82) is 10.5 Å². The van der Waals surface area contributed by atoms with Gasteiger partial charge in [0.1, 0.15) is 0 Å². The third kappa shape index (κ3) is 2.37. The summed E-state index contributed by atoms with van der Waals surface area (Å²) in [6.45, 7) is 0. The first-order valence-corrected chi connectivity index (χ1v) is 4.71. The van der Waals surface area contributed by atoms with Crippen molar-refractivity contribution < 1.29 is 4.79 Å². The quantitative estimate of drug-likeness (QED) is 0.715. The molecule has 1 aromatic carbocycles. The molecule has 0 unspecified atom stereocenters. The minimum absolute atomic E-state index is 0.388. The molecular formula is C12H11N3O. The van der Waals surface area contributed by atoms with E-state index in [2.05, 4.69) is 0 Å². The van der Waals surface area contributed by atoms with E-state index in [4.69, 9.17) is 10.5 Å². The van der Waals surface area contributed by atoms with Crippen LogP contribution in [0.3, 0.4) is 0 Å². The molecule has 1 rings (SSSR count). The van der Waals surface area contributed by atoms with E-state index in [-0.39, 0.29) is 0 Å². The van der Waals surface area contributed by atoms with Gasteiger partial charge in [0.2, 0.25) is 0 Å². The van der Waals surface area contributed by atoms with Gasteiger partial charge in [-0.05, 0) is 24.3 Å². The highest BCUT2D eigenvalue weighted by atomic mass is 16.1. The summed E-state index contributed by atoms with van der Waals surface area (Å²) in [6, 6.07) is 10.1. The standard InChI is InChI=1S/C12H11N3O/c1-15(2)11-5-3-9(4-6-11)12(16)10(7-13)8-14/h3-6,10H,1-2H3. The second kappa shape index (κ2) is 4.95. The number of carbonyl (C=O) groups excluding carboxylic acids is 1. The molecule has 80 valence electrons. The number of Topliss-reactive ketones (excluding diaryl/α,β-unsaturated/α-hetero) is 1. The third-order valence-corrected chi connectivity index (χ3v) is 2.19. The molecule has 0 saturated carbocycles. The fraction of sp³-hybridized carbons (Fsp3) is 0.250. The number of carbonyl (C=O) groups is 1. The van der Waals surface area contributed by atoms with Crippen LogP contribution in [0.2, 0.25) is 0 Å². The molecule has 0 aliphatic rings. The lowest BCUT2D eigenvalue weighted by Gasteiger charge is -2.12. The van der Waals surface area contributed by atoms with Gasteiger partial charge in [0, 0.05) is 25.3 Å². The zero-order valence-corrected chi connectivity index (χ0v) is 9.14. The van der Waals surface area contributed by atoms with Crippen LogP contribution in [0.15, 0.2) is 24.3 Å². The fourth-order valence-corrected chi connectivity index (χ4v) is 1.24. The number of ketones is 1. The molecule has 0 aliphatic carbocycles. The van der Waals surface area contributed by atoms with E-state index in [0.717, 1.165) is 5.69 Å². The first kappa shape index (κ1) is 11.7. The third-order valence-electron chi connectivity index (χ3n) is 2.19. The summed E-state index contributed by atoms with van der Waals surface area (Å²) < 4.78 is 0. The molecule has 0 amide bonds. The highest BCUT2D eigenvalue weighted by molar-refractivity contribution is 6.01. The molecule has 0 heterocycles. The molecule has 4 nitrogen and oxygen atoms in total. The molecule has 0 bridgehead atoms. The molecule has 0 spiro atoms. The van der Waals surface area contributed by atoms with Gasteiger partial charge in [-0.3, -0.25) is 4.79 Å². The first-order chi connectivity index (χ1) is 7.60. The van der Waals surface area contributed by atoms with Crippen LogP contribution in [0.1, 0.15) is 10.4 Å². The van der Waals surface area contributed by atoms with E-state index in [1.54, 1.807) is 36.4 Å². The predicted molar refractivity (Wildman–Crippen MR) is 59.8 cm³/mol. The van der Waals surface area contributed by atoms with Crippen molar-refractivity contribution in [3.05, 3.63) is 29.8 Å². The zero-order chi connectivity index (χ0) is 12.1. The maximum Gasteiger partial charge on any atom is 0.195 e. The highest BCUT2D eigenvalue weighted by Gasteiger charge is 2.18. The Morgan fingerprint density at radius 3 is 2.06 bits per heavy atom. The number of rotatable bonds is 3. The van der Waals surface area contributed by atoms with E-state index >= 15 is 0 Å². The van der Waals surface area contributed by atoms with E-state index in [0.29, 0.717) is 5.56 Å². The van der Waals surface area contributed by atoms with Crippen LogP contribution in [-0.4, -0.2) is 19.9 Å². The molecular weight excluding hydrogens is 202 g/mol. The van der Waals surface area contributed by atoms with Crippen molar-refractivity contribution in [1.82, 2.24) is 0 Å². The Bertz CT molecular complexity index is 449. The van der Waals surface area contributed by atoms with Crippen molar-refractivity contribution in [3.63, 3.8) is 0 Å². The van der Waals surface area contributed by atoms with Crippen molar-refractivity contribution in [2.75, 3.05) is 19.0 Å². The molecule has 0 N–H and O–H groups in total. The topological polar surface area (TPSA) is 67.9 Å². The first-order valence-electron chi connectivity index (χ1n) is 4.71. The highest BCUT2D eigenvalue weighted by Crippen LogP contribution is 2.14. The summed E-state index contributed by atoms with van der Waals surface area (Å²) >= 11 is 0. The van der Waals surface area contributed by atoms with Gasteiger partial charge in [0.05, 0.1) is 12.1 Å². The van der Waals surface area contributed by atoms with Gasteiger partial charge in [-0.25, -0.2) is 0 Å². The fourth-order valence-electron chi connectivity index (χ4n) is 1.24. The molecule has 0 radical (unpaired) electrons. The lowest BCUT2D eigenvalue weighted by atomic mass is 10.00. The number of hydrogen-bond acceptors (Lipinski definition) is 4. The Hall–Kier alpha value is -2.33. The van der Waals surface area contributed by atoms with Crippen LogP contribution >= 0.6 is 0 Å². The van der Waals surface area contributed by atoms with Gasteiger partial charge in [-0.15, -0.1) is 0 Å². The van der Waals surface area contributed by atoms with Crippen molar-refractivity contribution in [3.8, 4) is 12.1 Å². The summed E-state index contributed by atoms with van der Waals surface area (Å²) in [5.41, 5.74) is 1.35. The Kier molecular flexibility index (Phi) is 3.63. The predicted octanol–water partition coefficient (Wildman–Crippen LogP) is 1.60. The van der Waals surface area contributed by atoms with Gasteiger partial charge < -0.3 is 4.90 Å². The lowest BCUT2D eigenvalue weighted by molar-refractivity contribution is 0.0971. The van der Waals surface area contributed by atoms with Crippen LogP contribution in [0.25, 0.3) is 0 Å². The van der Waals surface area contributed by atoms with Gasteiger partial charge in [0.15, 0.2) is 11.7 Å². The smallest absolute Gasteiger partial charge is 0.195 e. The summed E-state index contributed by atoms with van der Waals surface area (Å²) in [7, 11) is 3.79. The molecule has 1 aromatic rings. The van der Waals surface area contributed by atoms with E-state index < -0.39 is 11.7 Å². The van der Waals surface area contributed by atoms with Crippen LogP contribution in [0.4, 0.5) is 5.69 Å². The summed E-state index contributed by atoms with van der Waals surface area (Å²) in [5.74, 6) is -1.67. The van der Waals surface area contributed by atoms with Crippen molar-refractivity contribution in [2.45, 2.75) is 0 Å². The molecule has 16 heavy (non-hydrogen) atoms. The Balaban J connectivity index is 2.96. The van der Waals surface area contributed by atoms with Crippen molar-refractivity contribution >= 4 is 11.5 Å². The van der Waals surface area contributed by atoms with Crippen LogP contribution in [0, 0.1) is 28.6 Å². The molecule has 0 fully saturated rings. The van der Waals surface area contributed by atoms with Gasteiger partial charge in [-0.1, -0.05) is 0 Å². The largest absolute Gasteiger partial charge is 0.378 e. The molecule has 4 heteroatoms. The molecule has 0 atom stereocenters. The van der Waals surface area contributed by atoms with E-state index in [1.165, 1.54) is 0 Å². The normalized spacial score (nSPS) is 9.31. The molecule has 0 saturated heterocycles. The number of nitrogens with zero attached hydrogens (tertiary/aromatic N) is 3. The maximum atomic E-state index is 11.6. The Morgan fingerprint density at radius 2 is 1.69 bits per heavy atom. The second-order valence-electron chi connectivity index (χ2n) is 3.50. The SMILES string of the molecule is CN(C)c1ccc(C(=O)C(C#N)C#N)cc1. The van der Waals surface area contributed by atoms with Crippen LogP contribution in [-0.2, 0) is 0 Å². The van der Waals surface area contributed by atoms with Crippen LogP contribution in [0.5, 0.6) is 0 Å². The summed E-state index contributed by atoms with van der Waals surface area (Å²) in [6.07, 6.45) is 0. The van der Waals surface area contributed by atoms with E-state index in [9.17, 15) is 4.79 Å². The van der Waals surface area contributed by atoms with Crippen molar-refractivity contribution in [2.24, 2.45) is 5.92 Å². The monoisotopic (exact) mass is 213 g/mol. The minimum Gasteiger partial charge on any atom is -0.378 e. The number of nitriles is 2. The zero-order valence-electron chi connectivity index (χ0n) is 9.14. The second-order valence-corrected chi connectivity index (χ2v) is 3.50. The summed E-state index contributed by atoms with van der Waals surface area (Å²) in [5, 5.41) is 17.2. The average molecular weight is 213 g/mol. The van der Waals surface area contributed by atoms with Gasteiger partial charge >= 0.3 is 0 Å². The molecule has 0 aromatic heterocycles. The lowest BCUT2D eigenvalue weighted by Crippen LogP contribution is -2.12. The van der Waals surface area contributed by atoms with Gasteiger partial charge in [0.25, 0.3) is 0 Å². The minimum atomic E-state index is -1.22. The maximum absolute atomic E-state index is 11.6. The number of benzene rings is 1. The average Bonchev–Trinajstić information content (AvgIpc) is 2.30. The molecule has 0 aliphatic heterocycles. The number of anilines is 1. The van der Waals surface area contributed by atoms with E-state index in [1.807, 2.05) is 19.0 Å². The number of hydrogen-bond donors (Lipinski definition) is 0. The Labute approximate surface area is 94.3 Å².